The topological polar surface area (TPSA) is 181 Å². The summed E-state index contributed by atoms with van der Waals surface area (Å²) < 4.78 is 6.02. The minimum Gasteiger partial charge on any atom is -0.496 e. The first kappa shape index (κ1) is 54.1. The number of likely N-dealkylation sites (tertiary alicyclic amines) is 1. The van der Waals surface area contributed by atoms with Gasteiger partial charge in [-0.05, 0) is 166 Å². The first-order chi connectivity index (χ1) is 37.1. The minimum atomic E-state index is -0.964. The highest BCUT2D eigenvalue weighted by atomic mass is 35.5. The number of carbonyl (C=O) groups excluding carboxylic acids is 4. The number of carboxylic acid groups (broad SMARTS) is 1. The standard InChI is InChI=1S/C59H72ClN9O7S/c1-37(52-32-44(36-77-52)45-8-6-5-7-43(45)35-65(3)58(74)75)61-54-47-33-46(51(76-4)34-49(47)62-38(2)63-54)40-9-11-41(12-10-40)55(71)68-29-27-66(28-30-68)23-17-39-15-19-59(20-16-39)21-25-67(26-22-59)56(72)42-13-14-48(60)50(31-42)69-24-18-53(70)64-57(69)73/h5-8,13-14,31-34,36-37,39-41H,9-12,15-30,35H2,1-4H3,(H,74,75)(H,61,62,63)(H,64,70,73)/t37-,40?,41?/m1/s1. The molecule has 2 aliphatic carbocycles. The van der Waals surface area contributed by atoms with E-state index in [-0.39, 0.29) is 48.1 Å². The van der Waals surface area contributed by atoms with Crippen LogP contribution in [0.2, 0.25) is 5.02 Å². The van der Waals surface area contributed by atoms with Gasteiger partial charge in [0.25, 0.3) is 5.91 Å². The number of benzene rings is 3. The van der Waals surface area contributed by atoms with Crippen molar-refractivity contribution in [2.24, 2.45) is 17.3 Å². The summed E-state index contributed by atoms with van der Waals surface area (Å²) in [7, 11) is 3.30. The average molecular weight is 1090 g/mol. The van der Waals surface area contributed by atoms with Crippen LogP contribution in [0.3, 0.4) is 0 Å². The van der Waals surface area contributed by atoms with E-state index in [1.54, 1.807) is 43.7 Å². The molecule has 5 aliphatic rings. The average Bonchev–Trinajstić information content (AvgIpc) is 3.96. The number of piperazine rings is 1. The SMILES string of the molecule is COc1cc2nc(C)nc(N[C@H](C)c3cc(-c4ccccc4CN(C)C(=O)O)cs3)c2cc1C1CCC(C(=O)N2CCN(CCC3CCC4(CC3)CCN(C(=O)c3ccc(Cl)c(N5CCC(=O)NC5=O)c3)CC4)CC2)CC1. The summed E-state index contributed by atoms with van der Waals surface area (Å²) in [6.45, 7) is 10.5. The number of nitrogens with one attached hydrogen (secondary N) is 2. The molecule has 0 bridgehead atoms. The fourth-order valence-electron chi connectivity index (χ4n) is 12.7. The first-order valence-electron chi connectivity index (χ1n) is 27.6. The lowest BCUT2D eigenvalue weighted by molar-refractivity contribution is -0.138. The third-order valence-electron chi connectivity index (χ3n) is 17.5. The molecular formula is C59H72ClN9O7S. The molecule has 0 unspecified atom stereocenters. The Kier molecular flexibility index (Phi) is 16.4. The number of rotatable bonds is 14. The van der Waals surface area contributed by atoms with Crippen molar-refractivity contribution in [3.63, 3.8) is 0 Å². The maximum atomic E-state index is 14.0. The molecule has 5 heterocycles. The summed E-state index contributed by atoms with van der Waals surface area (Å²) in [5.41, 5.74) is 6.19. The van der Waals surface area contributed by atoms with Crippen molar-refractivity contribution in [1.29, 1.82) is 0 Å². The van der Waals surface area contributed by atoms with E-state index in [1.165, 1.54) is 41.9 Å². The summed E-state index contributed by atoms with van der Waals surface area (Å²) >= 11 is 8.12. The van der Waals surface area contributed by atoms with Gasteiger partial charge in [-0.1, -0.05) is 35.9 Å². The fraction of sp³-hybridized carbons (Fsp3) is 0.508. The summed E-state index contributed by atoms with van der Waals surface area (Å²) in [5, 5.41) is 19.0. The number of imide groups is 1. The molecule has 6 amide bonds. The number of aryl methyl sites for hydroxylation is 1. The number of methoxy groups -OCH3 is 1. The number of piperidine rings is 1. The van der Waals surface area contributed by atoms with Gasteiger partial charge in [-0.2, -0.15) is 0 Å². The van der Waals surface area contributed by atoms with Gasteiger partial charge in [0.05, 0.1) is 29.4 Å². The number of hydrogen-bond donors (Lipinski definition) is 3. The van der Waals surface area contributed by atoms with Crippen LogP contribution in [0.4, 0.5) is 21.1 Å². The summed E-state index contributed by atoms with van der Waals surface area (Å²) in [5.74, 6) is 3.16. The molecule has 0 radical (unpaired) electrons. The molecule has 1 spiro atoms. The number of aromatic nitrogens is 2. The van der Waals surface area contributed by atoms with Crippen LogP contribution in [0, 0.1) is 24.2 Å². The molecule has 3 aliphatic heterocycles. The van der Waals surface area contributed by atoms with Gasteiger partial charge in [0.2, 0.25) is 11.8 Å². The number of fused-ring (bicyclic) bond motifs is 1. The molecule has 18 heteroatoms. The van der Waals surface area contributed by atoms with E-state index >= 15 is 0 Å². The van der Waals surface area contributed by atoms with Gasteiger partial charge in [0.1, 0.15) is 17.4 Å². The summed E-state index contributed by atoms with van der Waals surface area (Å²) in [4.78, 5) is 83.7. The largest absolute Gasteiger partial charge is 0.496 e. The van der Waals surface area contributed by atoms with Crippen LogP contribution in [-0.2, 0) is 16.1 Å². The first-order valence-corrected chi connectivity index (χ1v) is 28.8. The molecule has 5 aromatic rings. The monoisotopic (exact) mass is 1090 g/mol. The van der Waals surface area contributed by atoms with Crippen LogP contribution in [0.15, 0.2) is 66.0 Å². The highest BCUT2D eigenvalue weighted by Gasteiger charge is 2.40. The maximum absolute atomic E-state index is 14.0. The van der Waals surface area contributed by atoms with Crippen LogP contribution in [0.5, 0.6) is 5.75 Å². The quantitative estimate of drug-likeness (QED) is 0.0963. The molecule has 5 fully saturated rings. The van der Waals surface area contributed by atoms with Crippen LogP contribution < -0.4 is 20.3 Å². The Morgan fingerprint density at radius 2 is 1.65 bits per heavy atom. The molecule has 1 atom stereocenters. The van der Waals surface area contributed by atoms with E-state index < -0.39 is 12.1 Å². The molecular weight excluding hydrogens is 1010 g/mol. The van der Waals surface area contributed by atoms with Crippen molar-refractivity contribution in [3.05, 3.63) is 98.5 Å². The second-order valence-electron chi connectivity index (χ2n) is 22.3. The van der Waals surface area contributed by atoms with Gasteiger partial charge in [-0.25, -0.2) is 19.6 Å². The lowest BCUT2D eigenvalue weighted by atomic mass is 9.65. The third kappa shape index (κ3) is 12.1. The molecule has 408 valence electrons. The van der Waals surface area contributed by atoms with Crippen LogP contribution in [0.1, 0.15) is 128 Å². The van der Waals surface area contributed by atoms with Gasteiger partial charge in [0.15, 0.2) is 0 Å². The van der Waals surface area contributed by atoms with Gasteiger partial charge in [-0.15, -0.1) is 11.3 Å². The summed E-state index contributed by atoms with van der Waals surface area (Å²) in [6.07, 6.45) is 10.7. The van der Waals surface area contributed by atoms with Gasteiger partial charge >= 0.3 is 12.1 Å². The number of amides is 6. The molecule has 3 aromatic carbocycles. The van der Waals surface area contributed by atoms with E-state index in [0.717, 1.165) is 134 Å². The number of ether oxygens (including phenoxy) is 1. The van der Waals surface area contributed by atoms with Crippen LogP contribution in [0.25, 0.3) is 22.0 Å². The Bertz CT molecular complexity index is 3010. The number of nitrogens with zero attached hydrogens (tertiary/aromatic N) is 7. The lowest BCUT2D eigenvalue weighted by Gasteiger charge is -2.46. The minimum absolute atomic E-state index is 0.0297. The van der Waals surface area contributed by atoms with Crippen molar-refractivity contribution in [1.82, 2.24) is 34.9 Å². The van der Waals surface area contributed by atoms with Crippen LogP contribution in [-0.4, -0.2) is 131 Å². The Labute approximate surface area is 460 Å². The molecule has 3 saturated heterocycles. The van der Waals surface area contributed by atoms with E-state index in [1.807, 2.05) is 42.2 Å². The van der Waals surface area contributed by atoms with Crippen LogP contribution >= 0.6 is 22.9 Å². The maximum Gasteiger partial charge on any atom is 0.407 e. The zero-order chi connectivity index (χ0) is 54.0. The van der Waals surface area contributed by atoms with E-state index in [9.17, 15) is 29.1 Å². The number of anilines is 2. The van der Waals surface area contributed by atoms with Gasteiger partial charge in [0, 0.05) is 93.6 Å². The van der Waals surface area contributed by atoms with Crippen molar-refractivity contribution in [3.8, 4) is 16.9 Å². The number of hydrogen-bond acceptors (Lipinski definition) is 11. The van der Waals surface area contributed by atoms with Gasteiger partial charge in [-0.3, -0.25) is 29.5 Å². The number of carbonyl (C=O) groups is 5. The fourth-order valence-corrected chi connectivity index (χ4v) is 13.8. The normalized spacial score (nSPS) is 20.8. The highest BCUT2D eigenvalue weighted by molar-refractivity contribution is 7.10. The predicted octanol–water partition coefficient (Wildman–Crippen LogP) is 11.0. The van der Waals surface area contributed by atoms with Crippen molar-refractivity contribution in [2.45, 2.75) is 109 Å². The second-order valence-corrected chi connectivity index (χ2v) is 23.6. The smallest absolute Gasteiger partial charge is 0.407 e. The second kappa shape index (κ2) is 23.3. The van der Waals surface area contributed by atoms with Crippen molar-refractivity contribution >= 4 is 75.2 Å². The molecule has 3 N–H and O–H groups in total. The number of urea groups is 1. The molecule has 2 saturated carbocycles. The number of halogens is 1. The Hall–Kier alpha value is -6.30. The third-order valence-corrected chi connectivity index (χ3v) is 18.9. The lowest BCUT2D eigenvalue weighted by Crippen LogP contribution is -2.51. The zero-order valence-corrected chi connectivity index (χ0v) is 46.4. The molecule has 10 rings (SSSR count). The van der Waals surface area contributed by atoms with Crippen molar-refractivity contribution < 1.29 is 33.8 Å². The Balaban J connectivity index is 0.673. The Morgan fingerprint density at radius 3 is 2.36 bits per heavy atom. The molecule has 77 heavy (non-hydrogen) atoms. The number of thiophene rings is 1. The van der Waals surface area contributed by atoms with E-state index in [0.29, 0.717) is 40.5 Å². The predicted molar refractivity (Wildman–Crippen MR) is 301 cm³/mol. The zero-order valence-electron chi connectivity index (χ0n) is 44.8. The molecule has 16 nitrogen and oxygen atoms in total. The summed E-state index contributed by atoms with van der Waals surface area (Å²) in [6, 6.07) is 18.8. The Morgan fingerprint density at radius 1 is 0.909 bits per heavy atom. The van der Waals surface area contributed by atoms with E-state index in [4.69, 9.17) is 26.3 Å². The van der Waals surface area contributed by atoms with Crippen molar-refractivity contribution in [2.75, 3.05) is 76.7 Å². The highest BCUT2D eigenvalue weighted by Crippen LogP contribution is 2.48. The molecule has 2 aromatic heterocycles. The van der Waals surface area contributed by atoms with E-state index in [2.05, 4.69) is 44.9 Å². The van der Waals surface area contributed by atoms with Gasteiger partial charge < -0.3 is 29.9 Å².